The number of benzene rings is 2. The van der Waals surface area contributed by atoms with E-state index in [4.69, 9.17) is 0 Å². The van der Waals surface area contributed by atoms with Crippen LogP contribution in [-0.2, 0) is 7.05 Å². The number of para-hydroxylation sites is 1. The maximum Gasteiger partial charge on any atom is 0.201 e. The van der Waals surface area contributed by atoms with E-state index in [-0.39, 0.29) is 28.2 Å². The zero-order chi connectivity index (χ0) is 17.0. The van der Waals surface area contributed by atoms with Crippen molar-refractivity contribution in [3.05, 3.63) is 52.9 Å². The number of aromatic amines is 1. The van der Waals surface area contributed by atoms with Crippen LogP contribution in [0.5, 0.6) is 5.88 Å². The fourth-order valence-electron chi connectivity index (χ4n) is 3.08. The Morgan fingerprint density at radius 1 is 1.12 bits per heavy atom. The topological polar surface area (TPSA) is 70.4 Å². The van der Waals surface area contributed by atoms with Gasteiger partial charge in [-0.1, -0.05) is 18.2 Å². The lowest BCUT2D eigenvalue weighted by atomic mass is 10.1. The molecule has 0 amide bonds. The summed E-state index contributed by atoms with van der Waals surface area (Å²) < 4.78 is 28.6. The molecule has 0 aliphatic rings. The summed E-state index contributed by atoms with van der Waals surface area (Å²) in [7, 11) is 1.68. The lowest BCUT2D eigenvalue weighted by molar-refractivity contribution is 0.437. The molecule has 2 heterocycles. The number of hydrogen-bond acceptors (Lipinski definition) is 3. The average Bonchev–Trinajstić information content (AvgIpc) is 3.03. The van der Waals surface area contributed by atoms with Gasteiger partial charge in [-0.05, 0) is 17.3 Å². The Labute approximate surface area is 134 Å². The third kappa shape index (κ3) is 1.78. The zero-order valence-corrected chi connectivity index (χ0v) is 12.5. The van der Waals surface area contributed by atoms with E-state index < -0.39 is 11.6 Å². The van der Waals surface area contributed by atoms with Gasteiger partial charge >= 0.3 is 0 Å². The first kappa shape index (κ1) is 14.4. The molecule has 0 saturated carbocycles. The second-order valence-electron chi connectivity index (χ2n) is 5.53. The van der Waals surface area contributed by atoms with Crippen molar-refractivity contribution in [2.75, 3.05) is 0 Å². The van der Waals surface area contributed by atoms with E-state index in [0.717, 1.165) is 17.6 Å². The summed E-state index contributed by atoms with van der Waals surface area (Å²) in [4.78, 5) is 14.2. The molecule has 0 spiro atoms. The SMILES string of the molecule is Cn1c(O)c(-c2[nH]c3cc(F)c(F)cc3c2N=O)c2ccccc21. The fourth-order valence-corrected chi connectivity index (χ4v) is 3.08. The van der Waals surface area contributed by atoms with Crippen LogP contribution < -0.4 is 0 Å². The first-order chi connectivity index (χ1) is 11.5. The second-order valence-corrected chi connectivity index (χ2v) is 5.53. The van der Waals surface area contributed by atoms with Gasteiger partial charge in [-0.3, -0.25) is 0 Å². The lowest BCUT2D eigenvalue weighted by Gasteiger charge is -1.99. The molecular weight excluding hydrogens is 316 g/mol. The van der Waals surface area contributed by atoms with Crippen LogP contribution in [0.3, 0.4) is 0 Å². The number of rotatable bonds is 2. The summed E-state index contributed by atoms with van der Waals surface area (Å²) in [6.07, 6.45) is 0. The van der Waals surface area contributed by atoms with E-state index in [1.165, 1.54) is 0 Å². The largest absolute Gasteiger partial charge is 0.494 e. The molecule has 0 fully saturated rings. The number of nitrogens with zero attached hydrogens (tertiary/aromatic N) is 2. The molecule has 2 aromatic heterocycles. The van der Waals surface area contributed by atoms with Crippen LogP contribution in [0.4, 0.5) is 14.5 Å². The number of nitroso groups, excluding NO2 is 1. The first-order valence-corrected chi connectivity index (χ1v) is 7.13. The van der Waals surface area contributed by atoms with E-state index in [1.807, 2.05) is 12.1 Å². The molecular formula is C17H11F2N3O2. The predicted octanol–water partition coefficient (Wildman–Crippen LogP) is 4.71. The molecule has 0 saturated heterocycles. The first-order valence-electron chi connectivity index (χ1n) is 7.13. The Hall–Kier alpha value is -3.22. The van der Waals surface area contributed by atoms with Gasteiger partial charge in [-0.15, -0.1) is 4.91 Å². The molecule has 0 aliphatic carbocycles. The van der Waals surface area contributed by atoms with Gasteiger partial charge in [-0.25, -0.2) is 8.78 Å². The fraction of sp³-hybridized carbons (Fsp3) is 0.0588. The maximum absolute atomic E-state index is 13.5. The van der Waals surface area contributed by atoms with Crippen molar-refractivity contribution in [1.82, 2.24) is 9.55 Å². The molecule has 2 N–H and O–H groups in total. The summed E-state index contributed by atoms with van der Waals surface area (Å²) in [5.41, 5.74) is 1.48. The van der Waals surface area contributed by atoms with E-state index in [2.05, 4.69) is 10.2 Å². The molecule has 2 aromatic carbocycles. The van der Waals surface area contributed by atoms with Gasteiger partial charge in [0.15, 0.2) is 11.6 Å². The highest BCUT2D eigenvalue weighted by molar-refractivity contribution is 6.07. The van der Waals surface area contributed by atoms with Gasteiger partial charge in [0, 0.05) is 23.9 Å². The Morgan fingerprint density at radius 3 is 2.58 bits per heavy atom. The number of nitrogens with one attached hydrogen (secondary N) is 1. The Bertz CT molecular complexity index is 1130. The van der Waals surface area contributed by atoms with Crippen molar-refractivity contribution < 1.29 is 13.9 Å². The van der Waals surface area contributed by atoms with E-state index >= 15 is 0 Å². The molecule has 0 bridgehead atoms. The number of aromatic hydroxyl groups is 1. The van der Waals surface area contributed by atoms with E-state index in [0.29, 0.717) is 10.9 Å². The van der Waals surface area contributed by atoms with Gasteiger partial charge in [-0.2, -0.15) is 0 Å². The summed E-state index contributed by atoms with van der Waals surface area (Å²) in [5, 5.41) is 14.3. The highest BCUT2D eigenvalue weighted by atomic mass is 19.2. The summed E-state index contributed by atoms with van der Waals surface area (Å²) in [6.45, 7) is 0. The Morgan fingerprint density at radius 2 is 1.83 bits per heavy atom. The normalized spacial score (nSPS) is 11.5. The van der Waals surface area contributed by atoms with Crippen molar-refractivity contribution in [2.45, 2.75) is 0 Å². The quantitative estimate of drug-likeness (QED) is 0.524. The number of hydrogen-bond donors (Lipinski definition) is 2. The van der Waals surface area contributed by atoms with E-state index in [1.54, 1.807) is 23.7 Å². The number of aromatic nitrogens is 2. The number of H-pyrrole nitrogens is 1. The van der Waals surface area contributed by atoms with Gasteiger partial charge < -0.3 is 14.7 Å². The zero-order valence-electron chi connectivity index (χ0n) is 12.5. The molecule has 24 heavy (non-hydrogen) atoms. The van der Waals surface area contributed by atoms with Crippen molar-refractivity contribution in [2.24, 2.45) is 12.2 Å². The molecule has 7 heteroatoms. The predicted molar refractivity (Wildman–Crippen MR) is 87.2 cm³/mol. The van der Waals surface area contributed by atoms with Crippen molar-refractivity contribution in [3.63, 3.8) is 0 Å². The molecule has 0 unspecified atom stereocenters. The molecule has 4 rings (SSSR count). The average molecular weight is 327 g/mol. The molecule has 5 nitrogen and oxygen atoms in total. The Balaban J connectivity index is 2.15. The van der Waals surface area contributed by atoms with Gasteiger partial charge in [0.1, 0.15) is 5.69 Å². The van der Waals surface area contributed by atoms with Gasteiger partial charge in [0.05, 0.1) is 22.3 Å². The smallest absolute Gasteiger partial charge is 0.201 e. The number of halogens is 2. The highest BCUT2D eigenvalue weighted by Crippen LogP contribution is 2.45. The molecule has 0 atom stereocenters. The van der Waals surface area contributed by atoms with Crippen LogP contribution in [-0.4, -0.2) is 14.7 Å². The van der Waals surface area contributed by atoms with Crippen LogP contribution >= 0.6 is 0 Å². The third-order valence-electron chi connectivity index (χ3n) is 4.23. The molecule has 4 aromatic rings. The standard InChI is InChI=1S/C17H11F2N3O2/c1-22-13-5-3-2-4-8(13)14(17(22)23)16-15(21-24)9-6-10(18)11(19)7-12(9)20-16/h2-7,20,23H,1H3. The van der Waals surface area contributed by atoms with Crippen LogP contribution in [0.1, 0.15) is 0 Å². The second kappa shape index (κ2) is 4.89. The van der Waals surface area contributed by atoms with Crippen molar-refractivity contribution in [3.8, 4) is 17.1 Å². The monoisotopic (exact) mass is 327 g/mol. The van der Waals surface area contributed by atoms with Crippen LogP contribution in [0.15, 0.2) is 41.6 Å². The highest BCUT2D eigenvalue weighted by Gasteiger charge is 2.23. The van der Waals surface area contributed by atoms with E-state index in [9.17, 15) is 18.8 Å². The third-order valence-corrected chi connectivity index (χ3v) is 4.23. The van der Waals surface area contributed by atoms with Crippen LogP contribution in [0, 0.1) is 16.5 Å². The number of fused-ring (bicyclic) bond motifs is 2. The molecule has 0 radical (unpaired) electrons. The minimum Gasteiger partial charge on any atom is -0.494 e. The minimum absolute atomic E-state index is 0.0736. The van der Waals surface area contributed by atoms with Crippen LogP contribution in [0.25, 0.3) is 33.1 Å². The maximum atomic E-state index is 13.5. The lowest BCUT2D eigenvalue weighted by Crippen LogP contribution is -1.85. The molecule has 0 aliphatic heterocycles. The van der Waals surface area contributed by atoms with Crippen molar-refractivity contribution >= 4 is 27.5 Å². The minimum atomic E-state index is -1.07. The van der Waals surface area contributed by atoms with Gasteiger partial charge in [0.25, 0.3) is 0 Å². The number of aryl methyl sites for hydroxylation is 1. The molecule has 120 valence electrons. The summed E-state index contributed by atoms with van der Waals surface area (Å²) in [6, 6.07) is 9.09. The Kier molecular flexibility index (Phi) is 2.93. The van der Waals surface area contributed by atoms with Gasteiger partial charge in [0.2, 0.25) is 5.88 Å². The van der Waals surface area contributed by atoms with Crippen molar-refractivity contribution in [1.29, 1.82) is 0 Å². The van der Waals surface area contributed by atoms with Crippen LogP contribution in [0.2, 0.25) is 0 Å². The summed E-state index contributed by atoms with van der Waals surface area (Å²) in [5.74, 6) is -2.18. The summed E-state index contributed by atoms with van der Waals surface area (Å²) >= 11 is 0.